The number of nitrogens with two attached hydrogens (primary N) is 1. The van der Waals surface area contributed by atoms with Crippen LogP contribution in [0.2, 0.25) is 0 Å². The van der Waals surface area contributed by atoms with Crippen LogP contribution in [0.25, 0.3) is 10.4 Å². The molecule has 0 amide bonds. The Bertz CT molecular complexity index is 660. The summed E-state index contributed by atoms with van der Waals surface area (Å²) in [5, 5.41) is 0. The number of hydrogen-bond acceptors (Lipinski definition) is 4. The van der Waals surface area contributed by atoms with Crippen LogP contribution in [-0.4, -0.2) is 11.6 Å². The molecule has 1 aromatic heterocycles. The summed E-state index contributed by atoms with van der Waals surface area (Å²) in [6.45, 7) is 9.67. The van der Waals surface area contributed by atoms with Crippen molar-refractivity contribution in [2.75, 3.05) is 5.73 Å². The van der Waals surface area contributed by atoms with Gasteiger partial charge in [-0.15, -0.1) is 11.3 Å². The summed E-state index contributed by atoms with van der Waals surface area (Å²) in [4.78, 5) is 13.7. The van der Waals surface area contributed by atoms with E-state index in [1.165, 1.54) is 22.5 Å². The molecular weight excluding hydrogens is 282 g/mol. The van der Waals surface area contributed by atoms with Gasteiger partial charge >= 0.3 is 5.97 Å². The zero-order valence-electron chi connectivity index (χ0n) is 13.1. The van der Waals surface area contributed by atoms with Gasteiger partial charge in [-0.3, -0.25) is 0 Å². The Labute approximate surface area is 129 Å². The topological polar surface area (TPSA) is 52.3 Å². The van der Waals surface area contributed by atoms with E-state index >= 15 is 0 Å². The molecule has 0 fully saturated rings. The van der Waals surface area contributed by atoms with E-state index in [0.717, 1.165) is 10.4 Å². The lowest BCUT2D eigenvalue weighted by Crippen LogP contribution is -2.23. The third-order valence-electron chi connectivity index (χ3n) is 3.07. The molecule has 112 valence electrons. The van der Waals surface area contributed by atoms with E-state index in [0.29, 0.717) is 10.6 Å². The van der Waals surface area contributed by atoms with Crippen LogP contribution in [0.1, 0.15) is 41.6 Å². The van der Waals surface area contributed by atoms with Gasteiger partial charge in [0.15, 0.2) is 0 Å². The smallest absolute Gasteiger partial charge is 0.350 e. The van der Waals surface area contributed by atoms with Crippen LogP contribution in [-0.2, 0) is 4.74 Å². The summed E-state index contributed by atoms with van der Waals surface area (Å²) in [6, 6.07) is 8.01. The van der Waals surface area contributed by atoms with E-state index in [4.69, 9.17) is 10.5 Å². The Balaban J connectivity index is 2.42. The van der Waals surface area contributed by atoms with Crippen molar-refractivity contribution in [3.8, 4) is 10.4 Å². The van der Waals surface area contributed by atoms with Gasteiger partial charge in [-0.2, -0.15) is 0 Å². The number of rotatable bonds is 2. The van der Waals surface area contributed by atoms with E-state index < -0.39 is 5.60 Å². The number of ether oxygens (including phenoxy) is 1. The lowest BCUT2D eigenvalue weighted by molar-refractivity contribution is 0.00764. The molecule has 0 unspecified atom stereocenters. The van der Waals surface area contributed by atoms with Gasteiger partial charge in [-0.05, 0) is 57.4 Å². The minimum Gasteiger partial charge on any atom is -0.456 e. The molecule has 0 aliphatic heterocycles. The van der Waals surface area contributed by atoms with Crippen molar-refractivity contribution in [2.45, 2.75) is 40.2 Å². The zero-order chi connectivity index (χ0) is 15.8. The largest absolute Gasteiger partial charge is 0.456 e. The van der Waals surface area contributed by atoms with E-state index in [2.05, 4.69) is 26.0 Å². The Morgan fingerprint density at radius 2 is 1.76 bits per heavy atom. The highest BCUT2D eigenvalue weighted by atomic mass is 32.1. The molecule has 0 spiro atoms. The number of benzene rings is 1. The maximum Gasteiger partial charge on any atom is 0.350 e. The van der Waals surface area contributed by atoms with E-state index in [1.54, 1.807) is 0 Å². The molecule has 0 aliphatic carbocycles. The molecule has 4 heteroatoms. The van der Waals surface area contributed by atoms with Crippen molar-refractivity contribution in [1.29, 1.82) is 0 Å². The molecule has 0 radical (unpaired) electrons. The van der Waals surface area contributed by atoms with Gasteiger partial charge in [0.05, 0.1) is 5.69 Å². The lowest BCUT2D eigenvalue weighted by atomic mass is 10.0. The Kier molecular flexibility index (Phi) is 4.10. The van der Waals surface area contributed by atoms with Crippen molar-refractivity contribution in [3.05, 3.63) is 40.3 Å². The number of nitrogen functional groups attached to an aromatic ring is 1. The quantitative estimate of drug-likeness (QED) is 0.827. The third-order valence-corrected chi connectivity index (χ3v) is 4.22. The summed E-state index contributed by atoms with van der Waals surface area (Å²) in [5.74, 6) is -0.359. The van der Waals surface area contributed by atoms with Gasteiger partial charge in [0.2, 0.25) is 0 Å². The van der Waals surface area contributed by atoms with E-state index in [9.17, 15) is 4.79 Å². The first-order valence-corrected chi connectivity index (χ1v) is 7.70. The van der Waals surface area contributed by atoms with Crippen LogP contribution < -0.4 is 5.73 Å². The number of aryl methyl sites for hydroxylation is 2. The molecule has 0 atom stereocenters. The highest BCUT2D eigenvalue weighted by Crippen LogP contribution is 2.37. The highest BCUT2D eigenvalue weighted by Gasteiger charge is 2.23. The first-order valence-electron chi connectivity index (χ1n) is 6.88. The van der Waals surface area contributed by atoms with Crippen LogP contribution in [0.15, 0.2) is 24.3 Å². The van der Waals surface area contributed by atoms with Crippen LogP contribution >= 0.6 is 11.3 Å². The van der Waals surface area contributed by atoms with Crippen molar-refractivity contribution < 1.29 is 9.53 Å². The van der Waals surface area contributed by atoms with Gasteiger partial charge in [0.1, 0.15) is 10.5 Å². The molecule has 3 nitrogen and oxygen atoms in total. The maximum absolute atomic E-state index is 12.2. The van der Waals surface area contributed by atoms with Crippen LogP contribution in [0.3, 0.4) is 0 Å². The normalized spacial score (nSPS) is 11.5. The fourth-order valence-electron chi connectivity index (χ4n) is 2.22. The number of hydrogen-bond donors (Lipinski definition) is 1. The number of thiophene rings is 1. The standard InChI is InChI=1S/C17H21NO2S/c1-10-7-6-8-11(2)14(10)13-9-12(18)15(21-13)16(19)20-17(3,4)5/h6-9H,18H2,1-5H3. The maximum atomic E-state index is 12.2. The van der Waals surface area contributed by atoms with Crippen molar-refractivity contribution in [3.63, 3.8) is 0 Å². The Morgan fingerprint density at radius 1 is 1.19 bits per heavy atom. The number of esters is 1. The summed E-state index contributed by atoms with van der Waals surface area (Å²) < 4.78 is 5.41. The number of carbonyl (C=O) groups is 1. The lowest BCUT2D eigenvalue weighted by Gasteiger charge is -2.19. The first kappa shape index (κ1) is 15.6. The average molecular weight is 303 g/mol. The molecule has 0 bridgehead atoms. The minimum absolute atomic E-state index is 0.359. The summed E-state index contributed by atoms with van der Waals surface area (Å²) in [6.07, 6.45) is 0. The molecule has 1 aromatic carbocycles. The number of carbonyl (C=O) groups excluding carboxylic acids is 1. The van der Waals surface area contributed by atoms with Gasteiger partial charge < -0.3 is 10.5 Å². The predicted octanol–water partition coefficient (Wildman–Crippen LogP) is 4.57. The monoisotopic (exact) mass is 303 g/mol. The van der Waals surface area contributed by atoms with Gasteiger partial charge in [0, 0.05) is 4.88 Å². The fraction of sp³-hybridized carbons (Fsp3) is 0.353. The zero-order valence-corrected chi connectivity index (χ0v) is 13.9. The molecule has 1 heterocycles. The van der Waals surface area contributed by atoms with Crippen molar-refractivity contribution >= 4 is 23.0 Å². The molecule has 0 saturated heterocycles. The second-order valence-electron chi connectivity index (χ2n) is 6.16. The van der Waals surface area contributed by atoms with Crippen LogP contribution in [0, 0.1) is 13.8 Å². The Morgan fingerprint density at radius 3 is 2.29 bits per heavy atom. The Hall–Kier alpha value is -1.81. The molecule has 21 heavy (non-hydrogen) atoms. The van der Waals surface area contributed by atoms with Gasteiger partial charge in [-0.1, -0.05) is 18.2 Å². The third kappa shape index (κ3) is 3.45. The second-order valence-corrected chi connectivity index (χ2v) is 7.22. The SMILES string of the molecule is Cc1cccc(C)c1-c1cc(N)c(C(=O)OC(C)(C)C)s1. The van der Waals surface area contributed by atoms with E-state index in [1.807, 2.05) is 32.9 Å². The predicted molar refractivity (Wildman–Crippen MR) is 88.8 cm³/mol. The first-order chi connectivity index (χ1) is 9.69. The fourth-order valence-corrected chi connectivity index (χ4v) is 3.35. The molecule has 0 saturated carbocycles. The van der Waals surface area contributed by atoms with Crippen molar-refractivity contribution in [2.24, 2.45) is 0 Å². The minimum atomic E-state index is -0.522. The molecular formula is C17H21NO2S. The summed E-state index contributed by atoms with van der Waals surface area (Å²) in [5.41, 5.74) is 9.45. The van der Waals surface area contributed by atoms with Crippen LogP contribution in [0.4, 0.5) is 5.69 Å². The van der Waals surface area contributed by atoms with Gasteiger partial charge in [0.25, 0.3) is 0 Å². The van der Waals surface area contributed by atoms with E-state index in [-0.39, 0.29) is 5.97 Å². The molecule has 2 N–H and O–H groups in total. The average Bonchev–Trinajstić information content (AvgIpc) is 2.68. The van der Waals surface area contributed by atoms with Gasteiger partial charge in [-0.25, -0.2) is 4.79 Å². The molecule has 2 aromatic rings. The highest BCUT2D eigenvalue weighted by molar-refractivity contribution is 7.18. The molecule has 0 aliphatic rings. The second kappa shape index (κ2) is 5.53. The summed E-state index contributed by atoms with van der Waals surface area (Å²) >= 11 is 1.39. The van der Waals surface area contributed by atoms with Crippen molar-refractivity contribution in [1.82, 2.24) is 0 Å². The van der Waals surface area contributed by atoms with Crippen LogP contribution in [0.5, 0.6) is 0 Å². The number of anilines is 1. The summed E-state index contributed by atoms with van der Waals surface area (Å²) in [7, 11) is 0. The molecule has 2 rings (SSSR count).